The second kappa shape index (κ2) is 4.96. The molecule has 0 N–H and O–H groups in total. The molecule has 1 saturated carbocycles. The van der Waals surface area contributed by atoms with Crippen molar-refractivity contribution in [3.05, 3.63) is 11.6 Å². The highest BCUT2D eigenvalue weighted by Gasteiger charge is 2.24. The van der Waals surface area contributed by atoms with Crippen LogP contribution in [0.15, 0.2) is 11.6 Å². The largest absolute Gasteiger partial charge is 0.299 e. The first-order valence-electron chi connectivity index (χ1n) is 6.49. The van der Waals surface area contributed by atoms with E-state index < -0.39 is 0 Å². The molecule has 0 aromatic rings. The van der Waals surface area contributed by atoms with Crippen molar-refractivity contribution in [1.82, 2.24) is 0 Å². The van der Waals surface area contributed by atoms with Crippen LogP contribution in [0.5, 0.6) is 0 Å². The van der Waals surface area contributed by atoms with Gasteiger partial charge in [0.15, 0.2) is 0 Å². The Bertz CT molecular complexity index is 265. The summed E-state index contributed by atoms with van der Waals surface area (Å²) in [6.45, 7) is 2.10. The van der Waals surface area contributed by atoms with Crippen LogP contribution in [0.25, 0.3) is 0 Å². The summed E-state index contributed by atoms with van der Waals surface area (Å²) in [5, 5.41) is 0. The summed E-state index contributed by atoms with van der Waals surface area (Å²) in [4.78, 5) is 11.9. The number of hydrogen-bond acceptors (Lipinski definition) is 1. The molecule has 0 radical (unpaired) electrons. The van der Waals surface area contributed by atoms with Crippen molar-refractivity contribution in [2.75, 3.05) is 0 Å². The van der Waals surface area contributed by atoms with Crippen LogP contribution in [0.1, 0.15) is 58.3 Å². The molecule has 0 saturated heterocycles. The van der Waals surface area contributed by atoms with Crippen molar-refractivity contribution in [1.29, 1.82) is 0 Å². The smallest absolute Gasteiger partial charge is 0.136 e. The standard InChI is InChI=1S/C14H22O/c1-11-6-5-9-12-7-3-2-4-8-13(12)10-14(11)15/h9,11,13H,2-8,10H2,1H3/b12-9-/t11-,13+/m1/s1. The Hall–Kier alpha value is -0.590. The molecule has 0 aromatic carbocycles. The molecular formula is C14H22O. The van der Waals surface area contributed by atoms with Crippen molar-refractivity contribution in [2.24, 2.45) is 11.8 Å². The Kier molecular flexibility index (Phi) is 3.61. The van der Waals surface area contributed by atoms with E-state index in [1.54, 1.807) is 5.57 Å². The van der Waals surface area contributed by atoms with Gasteiger partial charge in [-0.25, -0.2) is 0 Å². The van der Waals surface area contributed by atoms with Gasteiger partial charge in [0.25, 0.3) is 0 Å². The Morgan fingerprint density at radius 1 is 1.20 bits per heavy atom. The van der Waals surface area contributed by atoms with Gasteiger partial charge in [-0.15, -0.1) is 0 Å². The minimum absolute atomic E-state index is 0.297. The maximum Gasteiger partial charge on any atom is 0.136 e. The fourth-order valence-corrected chi connectivity index (χ4v) is 2.91. The summed E-state index contributed by atoms with van der Waals surface area (Å²) in [6, 6.07) is 0. The minimum Gasteiger partial charge on any atom is -0.299 e. The molecular weight excluding hydrogens is 184 g/mol. The maximum atomic E-state index is 11.9. The van der Waals surface area contributed by atoms with Crippen LogP contribution in [-0.2, 0) is 4.79 Å². The Morgan fingerprint density at radius 2 is 2.07 bits per heavy atom. The molecule has 0 heterocycles. The van der Waals surface area contributed by atoms with Gasteiger partial charge in [-0.2, -0.15) is 0 Å². The van der Waals surface area contributed by atoms with Crippen molar-refractivity contribution >= 4 is 5.78 Å². The number of Topliss-reactive ketones (excluding diaryl/α,β-unsaturated/α-hetero) is 1. The second-order valence-electron chi connectivity index (χ2n) is 5.22. The molecule has 0 amide bonds. The molecule has 84 valence electrons. The summed E-state index contributed by atoms with van der Waals surface area (Å²) >= 11 is 0. The van der Waals surface area contributed by atoms with E-state index in [0.717, 1.165) is 19.3 Å². The van der Waals surface area contributed by atoms with E-state index in [4.69, 9.17) is 0 Å². The third-order valence-electron chi connectivity index (χ3n) is 4.05. The molecule has 1 fully saturated rings. The van der Waals surface area contributed by atoms with Crippen molar-refractivity contribution in [3.8, 4) is 0 Å². The average Bonchev–Trinajstić information content (AvgIpc) is 2.42. The zero-order chi connectivity index (χ0) is 10.7. The zero-order valence-corrected chi connectivity index (χ0v) is 9.80. The van der Waals surface area contributed by atoms with Gasteiger partial charge in [0, 0.05) is 12.3 Å². The molecule has 2 atom stereocenters. The van der Waals surface area contributed by atoms with E-state index in [-0.39, 0.29) is 0 Å². The summed E-state index contributed by atoms with van der Waals surface area (Å²) in [6.07, 6.45) is 12.0. The molecule has 0 aromatic heterocycles. The van der Waals surface area contributed by atoms with E-state index in [1.165, 1.54) is 32.1 Å². The van der Waals surface area contributed by atoms with E-state index >= 15 is 0 Å². The van der Waals surface area contributed by atoms with E-state index in [2.05, 4.69) is 13.0 Å². The fourth-order valence-electron chi connectivity index (χ4n) is 2.91. The van der Waals surface area contributed by atoms with Crippen LogP contribution in [-0.4, -0.2) is 5.78 Å². The van der Waals surface area contributed by atoms with Crippen LogP contribution in [0, 0.1) is 11.8 Å². The highest BCUT2D eigenvalue weighted by molar-refractivity contribution is 5.81. The molecule has 2 rings (SSSR count). The number of ketones is 1. The molecule has 0 aliphatic heterocycles. The number of hydrogen-bond donors (Lipinski definition) is 0. The van der Waals surface area contributed by atoms with E-state index in [0.29, 0.717) is 17.6 Å². The first-order valence-corrected chi connectivity index (χ1v) is 6.49. The third kappa shape index (κ3) is 2.70. The minimum atomic E-state index is 0.297. The van der Waals surface area contributed by atoms with Gasteiger partial charge in [-0.05, 0) is 38.0 Å². The lowest BCUT2D eigenvalue weighted by Crippen LogP contribution is -2.18. The lowest BCUT2D eigenvalue weighted by Gasteiger charge is -2.22. The van der Waals surface area contributed by atoms with Crippen molar-refractivity contribution in [3.63, 3.8) is 0 Å². The van der Waals surface area contributed by atoms with Crippen molar-refractivity contribution in [2.45, 2.75) is 58.3 Å². The van der Waals surface area contributed by atoms with E-state index in [9.17, 15) is 4.79 Å². The lowest BCUT2D eigenvalue weighted by molar-refractivity contribution is -0.123. The summed E-state index contributed by atoms with van der Waals surface area (Å²) in [5.74, 6) is 1.40. The number of allylic oxidation sites excluding steroid dienone is 2. The first-order chi connectivity index (χ1) is 7.27. The number of fused-ring (bicyclic) bond motifs is 1. The Morgan fingerprint density at radius 3 is 2.93 bits per heavy atom. The molecule has 1 nitrogen and oxygen atoms in total. The van der Waals surface area contributed by atoms with Gasteiger partial charge in [0.05, 0.1) is 0 Å². The van der Waals surface area contributed by atoms with E-state index in [1.807, 2.05) is 0 Å². The average molecular weight is 206 g/mol. The first kappa shape index (κ1) is 10.9. The normalized spacial score (nSPS) is 36.9. The predicted octanol–water partition coefficient (Wildman–Crippen LogP) is 3.88. The van der Waals surface area contributed by atoms with Gasteiger partial charge in [0.2, 0.25) is 0 Å². The van der Waals surface area contributed by atoms with Crippen LogP contribution in [0.3, 0.4) is 0 Å². The SMILES string of the molecule is C[C@@H]1CC/C=C2/CCCCC[C@H]2CC1=O. The summed E-state index contributed by atoms with van der Waals surface area (Å²) in [7, 11) is 0. The zero-order valence-electron chi connectivity index (χ0n) is 9.80. The number of carbonyl (C=O) groups excluding carboxylic acids is 1. The van der Waals surface area contributed by atoms with Gasteiger partial charge >= 0.3 is 0 Å². The number of rotatable bonds is 0. The quantitative estimate of drug-likeness (QED) is 0.550. The summed E-state index contributed by atoms with van der Waals surface area (Å²) in [5.41, 5.74) is 1.60. The molecule has 1 heteroatoms. The van der Waals surface area contributed by atoms with Crippen LogP contribution in [0.2, 0.25) is 0 Å². The maximum absolute atomic E-state index is 11.9. The molecule has 2 aliphatic carbocycles. The van der Waals surface area contributed by atoms with Gasteiger partial charge in [-0.3, -0.25) is 4.79 Å². The van der Waals surface area contributed by atoms with Gasteiger partial charge in [0.1, 0.15) is 5.78 Å². The molecule has 0 unspecified atom stereocenters. The van der Waals surface area contributed by atoms with Crippen LogP contribution < -0.4 is 0 Å². The Balaban J connectivity index is 2.13. The summed E-state index contributed by atoms with van der Waals surface area (Å²) < 4.78 is 0. The van der Waals surface area contributed by atoms with Crippen LogP contribution >= 0.6 is 0 Å². The second-order valence-corrected chi connectivity index (χ2v) is 5.22. The predicted molar refractivity (Wildman–Crippen MR) is 62.7 cm³/mol. The fraction of sp³-hybridized carbons (Fsp3) is 0.786. The third-order valence-corrected chi connectivity index (χ3v) is 4.05. The highest BCUT2D eigenvalue weighted by Crippen LogP contribution is 2.34. The van der Waals surface area contributed by atoms with Crippen LogP contribution in [0.4, 0.5) is 0 Å². The molecule has 0 bridgehead atoms. The monoisotopic (exact) mass is 206 g/mol. The Labute approximate surface area is 92.9 Å². The topological polar surface area (TPSA) is 17.1 Å². The van der Waals surface area contributed by atoms with Gasteiger partial charge < -0.3 is 0 Å². The highest BCUT2D eigenvalue weighted by atomic mass is 16.1. The van der Waals surface area contributed by atoms with Crippen molar-refractivity contribution < 1.29 is 4.79 Å². The number of carbonyl (C=O) groups is 1. The van der Waals surface area contributed by atoms with Gasteiger partial charge in [-0.1, -0.05) is 31.4 Å². The molecule has 0 spiro atoms. The molecule has 2 aliphatic rings. The molecule has 15 heavy (non-hydrogen) atoms. The lowest BCUT2D eigenvalue weighted by atomic mass is 9.82.